The van der Waals surface area contributed by atoms with E-state index in [4.69, 9.17) is 0 Å². The van der Waals surface area contributed by atoms with E-state index in [2.05, 4.69) is 15.0 Å². The Hall–Kier alpha value is -1.12. The largest absolute Gasteiger partial charge is 0.368 e. The normalized spacial score (nSPS) is 13.0. The number of nitrogens with one attached hydrogen (secondary N) is 2. The highest BCUT2D eigenvalue weighted by Crippen LogP contribution is 2.26. The third-order valence-corrected chi connectivity index (χ3v) is 4.99. The molecule has 112 valence electrons. The predicted molar refractivity (Wildman–Crippen MR) is 81.9 cm³/mol. The van der Waals surface area contributed by atoms with Crippen molar-refractivity contribution >= 4 is 32.1 Å². The summed E-state index contributed by atoms with van der Waals surface area (Å²) in [5.41, 5.74) is -0.541. The van der Waals surface area contributed by atoms with Gasteiger partial charge in [-0.25, -0.2) is 18.1 Å². The van der Waals surface area contributed by atoms with Gasteiger partial charge in [-0.15, -0.1) is 11.3 Å². The number of fused-ring (bicyclic) bond motifs is 1. The highest BCUT2D eigenvalue weighted by Gasteiger charge is 2.29. The molecule has 0 aliphatic heterocycles. The van der Waals surface area contributed by atoms with Gasteiger partial charge in [0, 0.05) is 23.7 Å². The molecule has 0 unspecified atom stereocenters. The molecule has 0 aliphatic carbocycles. The maximum Gasteiger partial charge on any atom is 0.260 e. The zero-order valence-electron chi connectivity index (χ0n) is 12.1. The zero-order chi connectivity index (χ0) is 15.0. The van der Waals surface area contributed by atoms with Crippen LogP contribution in [-0.4, -0.2) is 29.9 Å². The molecule has 20 heavy (non-hydrogen) atoms. The van der Waals surface area contributed by atoms with Gasteiger partial charge in [0.1, 0.15) is 0 Å². The van der Waals surface area contributed by atoms with Crippen LogP contribution < -0.4 is 10.0 Å². The zero-order valence-corrected chi connectivity index (χ0v) is 13.7. The van der Waals surface area contributed by atoms with E-state index in [0.29, 0.717) is 17.3 Å². The van der Waals surface area contributed by atoms with Crippen LogP contribution >= 0.6 is 11.3 Å². The van der Waals surface area contributed by atoms with E-state index in [0.717, 1.165) is 6.42 Å². The Morgan fingerprint density at radius 2 is 2.10 bits per heavy atom. The summed E-state index contributed by atoms with van der Waals surface area (Å²) in [6.07, 6.45) is 2.62. The maximum atomic E-state index is 12.6. The van der Waals surface area contributed by atoms with Crippen molar-refractivity contribution < 1.29 is 8.42 Å². The van der Waals surface area contributed by atoms with E-state index in [9.17, 15) is 8.42 Å². The molecule has 2 heterocycles. The second-order valence-corrected chi connectivity index (χ2v) is 8.07. The summed E-state index contributed by atoms with van der Waals surface area (Å²) in [5.74, 6) is 0.412. The summed E-state index contributed by atoms with van der Waals surface area (Å²) in [7, 11) is -3.64. The highest BCUT2D eigenvalue weighted by atomic mass is 32.2. The van der Waals surface area contributed by atoms with Crippen molar-refractivity contribution in [1.82, 2.24) is 14.1 Å². The summed E-state index contributed by atoms with van der Waals surface area (Å²) in [4.78, 5) is 5.02. The van der Waals surface area contributed by atoms with E-state index >= 15 is 0 Å². The molecule has 0 atom stereocenters. The Morgan fingerprint density at radius 1 is 1.40 bits per heavy atom. The minimum absolute atomic E-state index is 0.178. The first kappa shape index (κ1) is 15.3. The molecule has 2 aromatic rings. The Kier molecular flexibility index (Phi) is 4.08. The lowest BCUT2D eigenvalue weighted by atomic mass is 10.1. The molecule has 0 aromatic carbocycles. The number of hydrogen-bond acceptors (Lipinski definition) is 5. The van der Waals surface area contributed by atoms with Crippen molar-refractivity contribution in [3.63, 3.8) is 0 Å². The third kappa shape index (κ3) is 3.13. The number of aromatic nitrogens is 2. The van der Waals surface area contributed by atoms with Crippen molar-refractivity contribution in [2.24, 2.45) is 0 Å². The fraction of sp³-hybridized carbons (Fsp3) is 0.583. The molecule has 0 amide bonds. The average molecular weight is 316 g/mol. The number of nitrogens with zero attached hydrogens (tertiary/aromatic N) is 2. The fourth-order valence-corrected chi connectivity index (χ4v) is 4.29. The van der Waals surface area contributed by atoms with E-state index in [-0.39, 0.29) is 5.03 Å². The molecule has 0 bridgehead atoms. The van der Waals surface area contributed by atoms with Crippen LogP contribution in [0.1, 0.15) is 34.1 Å². The van der Waals surface area contributed by atoms with E-state index in [1.165, 1.54) is 11.3 Å². The SMILES string of the molecule is CCCNc1nc2sccn2c1S(=O)(=O)NC(C)(C)C. The van der Waals surface area contributed by atoms with Crippen molar-refractivity contribution in [2.75, 3.05) is 11.9 Å². The fourth-order valence-electron chi connectivity index (χ4n) is 1.83. The summed E-state index contributed by atoms with van der Waals surface area (Å²) in [6.45, 7) is 8.15. The molecule has 0 fully saturated rings. The van der Waals surface area contributed by atoms with E-state index < -0.39 is 15.6 Å². The van der Waals surface area contributed by atoms with Gasteiger partial charge >= 0.3 is 0 Å². The number of rotatable bonds is 5. The number of hydrogen-bond donors (Lipinski definition) is 2. The van der Waals surface area contributed by atoms with Crippen LogP contribution in [0.15, 0.2) is 16.6 Å². The summed E-state index contributed by atoms with van der Waals surface area (Å²) >= 11 is 1.41. The maximum absolute atomic E-state index is 12.6. The molecule has 0 radical (unpaired) electrons. The Bertz CT molecular complexity index is 695. The summed E-state index contributed by atoms with van der Waals surface area (Å²) in [6, 6.07) is 0. The summed E-state index contributed by atoms with van der Waals surface area (Å²) < 4.78 is 29.5. The Balaban J connectivity index is 2.52. The van der Waals surface area contributed by atoms with Crippen molar-refractivity contribution in [3.05, 3.63) is 11.6 Å². The standard InChI is InChI=1S/C12H20N4O2S2/c1-5-6-13-9-10(16-7-8-19-11(16)14-9)20(17,18)15-12(2,3)4/h7-8,13,15H,5-6H2,1-4H3. The second-order valence-electron chi connectivity index (χ2n) is 5.60. The summed E-state index contributed by atoms with van der Waals surface area (Å²) in [5, 5.41) is 5.09. The number of sulfonamides is 1. The molecule has 0 spiro atoms. The van der Waals surface area contributed by atoms with Gasteiger partial charge in [0.2, 0.25) is 0 Å². The van der Waals surface area contributed by atoms with Crippen LogP contribution in [0, 0.1) is 0 Å². The van der Waals surface area contributed by atoms with Crippen LogP contribution in [0.2, 0.25) is 0 Å². The molecule has 8 heteroatoms. The predicted octanol–water partition coefficient (Wildman–Crippen LogP) is 2.29. The number of thiazole rings is 1. The van der Waals surface area contributed by atoms with Crippen molar-refractivity contribution in [2.45, 2.75) is 44.7 Å². The molecule has 6 nitrogen and oxygen atoms in total. The molecule has 2 rings (SSSR count). The Labute approximate surface area is 123 Å². The van der Waals surface area contributed by atoms with Crippen LogP contribution in [0.25, 0.3) is 4.96 Å². The molecular formula is C12H20N4O2S2. The van der Waals surface area contributed by atoms with Gasteiger partial charge in [-0.05, 0) is 27.2 Å². The van der Waals surface area contributed by atoms with Crippen LogP contribution in [0.3, 0.4) is 0 Å². The van der Waals surface area contributed by atoms with Gasteiger partial charge in [0.05, 0.1) is 0 Å². The minimum atomic E-state index is -3.64. The van der Waals surface area contributed by atoms with Crippen LogP contribution in [0.4, 0.5) is 5.82 Å². The smallest absolute Gasteiger partial charge is 0.260 e. The highest BCUT2D eigenvalue weighted by molar-refractivity contribution is 7.89. The van der Waals surface area contributed by atoms with Gasteiger partial charge in [-0.1, -0.05) is 6.92 Å². The van der Waals surface area contributed by atoms with Crippen LogP contribution in [-0.2, 0) is 10.0 Å². The molecule has 2 N–H and O–H groups in total. The number of imidazole rings is 1. The van der Waals surface area contributed by atoms with Gasteiger partial charge in [0.25, 0.3) is 10.0 Å². The Morgan fingerprint density at radius 3 is 2.70 bits per heavy atom. The lowest BCUT2D eigenvalue weighted by molar-refractivity contribution is 0.489. The molecule has 2 aromatic heterocycles. The van der Waals surface area contributed by atoms with Crippen LogP contribution in [0.5, 0.6) is 0 Å². The lowest BCUT2D eigenvalue weighted by Gasteiger charge is -2.20. The lowest BCUT2D eigenvalue weighted by Crippen LogP contribution is -2.41. The average Bonchev–Trinajstić information content (AvgIpc) is 2.81. The van der Waals surface area contributed by atoms with Gasteiger partial charge in [-0.2, -0.15) is 0 Å². The van der Waals surface area contributed by atoms with E-state index in [1.54, 1.807) is 10.6 Å². The molecule has 0 saturated carbocycles. The van der Waals surface area contributed by atoms with E-state index in [1.807, 2.05) is 33.1 Å². The quantitative estimate of drug-likeness (QED) is 0.887. The first-order chi connectivity index (χ1) is 9.24. The van der Waals surface area contributed by atoms with Gasteiger partial charge in [-0.3, -0.25) is 4.40 Å². The minimum Gasteiger partial charge on any atom is -0.368 e. The molecular weight excluding hydrogens is 296 g/mol. The van der Waals surface area contributed by atoms with Crippen molar-refractivity contribution in [3.8, 4) is 0 Å². The first-order valence-electron chi connectivity index (χ1n) is 6.48. The second kappa shape index (κ2) is 5.34. The van der Waals surface area contributed by atoms with Crippen molar-refractivity contribution in [1.29, 1.82) is 0 Å². The third-order valence-electron chi connectivity index (χ3n) is 2.46. The molecule has 0 saturated heterocycles. The topological polar surface area (TPSA) is 75.5 Å². The monoisotopic (exact) mass is 316 g/mol. The van der Waals surface area contributed by atoms with Gasteiger partial charge < -0.3 is 5.32 Å². The van der Waals surface area contributed by atoms with Gasteiger partial charge in [0.15, 0.2) is 15.8 Å². The first-order valence-corrected chi connectivity index (χ1v) is 8.84. The molecule has 0 aliphatic rings. The number of anilines is 1.